The van der Waals surface area contributed by atoms with Crippen LogP contribution < -0.4 is 5.32 Å². The summed E-state index contributed by atoms with van der Waals surface area (Å²) in [6, 6.07) is 1.71. The Morgan fingerprint density at radius 1 is 1.21 bits per heavy atom. The topological polar surface area (TPSA) is 15.3 Å². The molecule has 0 fully saturated rings. The van der Waals surface area contributed by atoms with Gasteiger partial charge in [-0.2, -0.15) is 0 Å². The lowest BCUT2D eigenvalue weighted by molar-refractivity contribution is 0.178. The third-order valence-electron chi connectivity index (χ3n) is 2.39. The Hall–Kier alpha value is -0.340. The summed E-state index contributed by atoms with van der Waals surface area (Å²) < 4.78 is 0. The van der Waals surface area contributed by atoms with E-state index in [9.17, 15) is 0 Å². The normalized spacial score (nSPS) is 14.0. The van der Waals surface area contributed by atoms with Crippen LogP contribution in [0.2, 0.25) is 0 Å². The highest BCUT2D eigenvalue weighted by Gasteiger charge is 2.15. The largest absolute Gasteiger partial charge is 0.313 e. The van der Waals surface area contributed by atoms with E-state index >= 15 is 0 Å². The highest BCUT2D eigenvalue weighted by molar-refractivity contribution is 4.81. The highest BCUT2D eigenvalue weighted by atomic mass is 15.2. The monoisotopic (exact) mass is 198 g/mol. The zero-order chi connectivity index (χ0) is 11.1. The Morgan fingerprint density at radius 3 is 2.14 bits per heavy atom. The summed E-state index contributed by atoms with van der Waals surface area (Å²) in [6.07, 6.45) is 1.98. The summed E-state index contributed by atoms with van der Waals surface area (Å²) in [6.45, 7) is 16.9. The first-order valence-electron chi connectivity index (χ1n) is 5.59. The van der Waals surface area contributed by atoms with Crippen LogP contribution in [0.3, 0.4) is 0 Å². The van der Waals surface area contributed by atoms with Crippen molar-refractivity contribution in [3.8, 4) is 0 Å². The lowest BCUT2D eigenvalue weighted by atomic mass is 10.2. The molecule has 0 heterocycles. The van der Waals surface area contributed by atoms with Crippen molar-refractivity contribution in [3.63, 3.8) is 0 Å². The molecule has 0 amide bonds. The molecular weight excluding hydrogens is 172 g/mol. The quantitative estimate of drug-likeness (QED) is 0.631. The van der Waals surface area contributed by atoms with E-state index in [1.54, 1.807) is 0 Å². The van der Waals surface area contributed by atoms with Gasteiger partial charge in [0.15, 0.2) is 0 Å². The van der Waals surface area contributed by atoms with Crippen LogP contribution in [0.25, 0.3) is 0 Å². The Bertz CT molecular complexity index is 152. The van der Waals surface area contributed by atoms with Crippen LogP contribution in [0.5, 0.6) is 0 Å². The van der Waals surface area contributed by atoms with Crippen molar-refractivity contribution < 1.29 is 0 Å². The molecule has 0 rings (SSSR count). The molecule has 1 N–H and O–H groups in total. The van der Waals surface area contributed by atoms with Crippen LogP contribution in [0.4, 0.5) is 0 Å². The second-order valence-electron chi connectivity index (χ2n) is 4.49. The number of nitrogens with one attached hydrogen (secondary N) is 1. The van der Waals surface area contributed by atoms with E-state index in [0.717, 1.165) is 13.1 Å². The lowest BCUT2D eigenvalue weighted by Gasteiger charge is -2.32. The smallest absolute Gasteiger partial charge is 0.0198 e. The third-order valence-corrected chi connectivity index (χ3v) is 2.39. The molecular formula is C12H26N2. The van der Waals surface area contributed by atoms with Crippen LogP contribution in [0, 0.1) is 0 Å². The molecule has 0 spiro atoms. The first-order chi connectivity index (χ1) is 6.49. The van der Waals surface area contributed by atoms with Crippen molar-refractivity contribution in [2.45, 2.75) is 52.7 Å². The molecule has 0 saturated carbocycles. The molecule has 0 aliphatic heterocycles. The van der Waals surface area contributed by atoms with Crippen LogP contribution in [-0.2, 0) is 0 Å². The summed E-state index contributed by atoms with van der Waals surface area (Å²) in [7, 11) is 0. The molecule has 1 unspecified atom stereocenters. The van der Waals surface area contributed by atoms with Crippen molar-refractivity contribution in [1.82, 2.24) is 10.2 Å². The zero-order valence-electron chi connectivity index (χ0n) is 10.4. The first-order valence-corrected chi connectivity index (χ1v) is 5.59. The van der Waals surface area contributed by atoms with Gasteiger partial charge in [-0.15, -0.1) is 6.58 Å². The molecule has 0 aromatic rings. The van der Waals surface area contributed by atoms with E-state index < -0.39 is 0 Å². The van der Waals surface area contributed by atoms with Crippen LogP contribution >= 0.6 is 0 Å². The summed E-state index contributed by atoms with van der Waals surface area (Å²) in [4.78, 5) is 2.45. The second-order valence-corrected chi connectivity index (χ2v) is 4.49. The fourth-order valence-corrected chi connectivity index (χ4v) is 1.57. The van der Waals surface area contributed by atoms with Gasteiger partial charge < -0.3 is 5.32 Å². The molecule has 84 valence electrons. The van der Waals surface area contributed by atoms with E-state index in [-0.39, 0.29) is 0 Å². The van der Waals surface area contributed by atoms with Gasteiger partial charge in [0, 0.05) is 31.2 Å². The molecule has 1 atom stereocenters. The predicted molar refractivity (Wildman–Crippen MR) is 64.6 cm³/mol. The number of rotatable bonds is 7. The summed E-state index contributed by atoms with van der Waals surface area (Å²) in [5, 5.41) is 3.46. The number of hydrogen-bond acceptors (Lipinski definition) is 2. The van der Waals surface area contributed by atoms with Crippen molar-refractivity contribution in [2.24, 2.45) is 0 Å². The molecule has 0 saturated heterocycles. The van der Waals surface area contributed by atoms with E-state index in [4.69, 9.17) is 0 Å². The second kappa shape index (κ2) is 7.02. The van der Waals surface area contributed by atoms with Crippen molar-refractivity contribution in [2.75, 3.05) is 13.1 Å². The Balaban J connectivity index is 4.00. The highest BCUT2D eigenvalue weighted by Crippen LogP contribution is 2.04. The fraction of sp³-hybridized carbons (Fsp3) is 0.833. The number of hydrogen-bond donors (Lipinski definition) is 1. The minimum atomic E-state index is 0.565. The van der Waals surface area contributed by atoms with Crippen LogP contribution in [0.15, 0.2) is 12.7 Å². The van der Waals surface area contributed by atoms with Gasteiger partial charge in [0.05, 0.1) is 0 Å². The molecule has 0 aliphatic rings. The van der Waals surface area contributed by atoms with Gasteiger partial charge in [-0.1, -0.05) is 19.9 Å². The van der Waals surface area contributed by atoms with Gasteiger partial charge in [0.2, 0.25) is 0 Å². The van der Waals surface area contributed by atoms with Gasteiger partial charge in [0.1, 0.15) is 0 Å². The van der Waals surface area contributed by atoms with E-state index in [2.05, 4.69) is 51.4 Å². The first kappa shape index (κ1) is 13.7. The molecule has 0 radical (unpaired) electrons. The lowest BCUT2D eigenvalue weighted by Crippen LogP contribution is -2.45. The Kier molecular flexibility index (Phi) is 6.85. The molecule has 2 nitrogen and oxygen atoms in total. The van der Waals surface area contributed by atoms with Crippen LogP contribution in [0.1, 0.15) is 34.6 Å². The van der Waals surface area contributed by atoms with Gasteiger partial charge in [-0.05, 0) is 20.8 Å². The van der Waals surface area contributed by atoms with Gasteiger partial charge in [-0.3, -0.25) is 4.90 Å². The minimum absolute atomic E-state index is 0.565. The Morgan fingerprint density at radius 2 is 1.79 bits per heavy atom. The standard InChI is InChI=1S/C12H26N2/c1-7-8-14(11(4)5)12(6)9-13-10(2)3/h7,10-13H,1,8-9H2,2-6H3. The molecule has 0 aliphatic carbocycles. The average molecular weight is 198 g/mol. The molecule has 14 heavy (non-hydrogen) atoms. The zero-order valence-corrected chi connectivity index (χ0v) is 10.4. The van der Waals surface area contributed by atoms with Crippen molar-refractivity contribution in [3.05, 3.63) is 12.7 Å². The Labute approximate surface area is 89.4 Å². The molecule has 0 bridgehead atoms. The molecule has 2 heteroatoms. The SMILES string of the molecule is C=CCN(C(C)C)C(C)CNC(C)C. The van der Waals surface area contributed by atoms with Gasteiger partial charge >= 0.3 is 0 Å². The summed E-state index contributed by atoms with van der Waals surface area (Å²) in [5.41, 5.74) is 0. The maximum absolute atomic E-state index is 3.80. The van der Waals surface area contributed by atoms with Crippen molar-refractivity contribution >= 4 is 0 Å². The van der Waals surface area contributed by atoms with Crippen LogP contribution in [-0.4, -0.2) is 36.1 Å². The van der Waals surface area contributed by atoms with Gasteiger partial charge in [-0.25, -0.2) is 0 Å². The van der Waals surface area contributed by atoms with Gasteiger partial charge in [0.25, 0.3) is 0 Å². The maximum atomic E-state index is 3.80. The van der Waals surface area contributed by atoms with E-state index in [0.29, 0.717) is 18.1 Å². The van der Waals surface area contributed by atoms with E-state index in [1.165, 1.54) is 0 Å². The minimum Gasteiger partial charge on any atom is -0.313 e. The molecule has 0 aromatic carbocycles. The molecule has 0 aromatic heterocycles. The fourth-order valence-electron chi connectivity index (χ4n) is 1.57. The average Bonchev–Trinajstić information content (AvgIpc) is 2.09. The number of nitrogens with zero attached hydrogens (tertiary/aromatic N) is 1. The summed E-state index contributed by atoms with van der Waals surface area (Å²) in [5.74, 6) is 0. The summed E-state index contributed by atoms with van der Waals surface area (Å²) >= 11 is 0. The maximum Gasteiger partial charge on any atom is 0.0198 e. The van der Waals surface area contributed by atoms with Crippen molar-refractivity contribution in [1.29, 1.82) is 0 Å². The predicted octanol–water partition coefficient (Wildman–Crippen LogP) is 2.27. The van der Waals surface area contributed by atoms with E-state index in [1.807, 2.05) is 6.08 Å². The third kappa shape index (κ3) is 5.40.